The monoisotopic (exact) mass is 247 g/mol. The molecule has 2 amide bonds. The number of ether oxygens (including phenoxy) is 1. The predicted octanol–water partition coefficient (Wildman–Crippen LogP) is 2.52. The average molecular weight is 247 g/mol. The fourth-order valence-electron chi connectivity index (χ4n) is 1.99. The van der Waals surface area contributed by atoms with Crippen LogP contribution >= 0.6 is 0 Å². The van der Waals surface area contributed by atoms with Gasteiger partial charge < -0.3 is 4.74 Å². The molecule has 0 aliphatic carbocycles. The quantitative estimate of drug-likeness (QED) is 0.771. The Morgan fingerprint density at radius 1 is 1.06 bits per heavy atom. The first-order chi connectivity index (χ1) is 8.58. The molecule has 4 nitrogen and oxygen atoms in total. The van der Waals surface area contributed by atoms with Gasteiger partial charge in [0.25, 0.3) is 0 Å². The average Bonchev–Trinajstić information content (AvgIpc) is 2.30. The van der Waals surface area contributed by atoms with Crippen LogP contribution in [-0.2, 0) is 9.59 Å². The van der Waals surface area contributed by atoms with Crippen LogP contribution in [0.5, 0.6) is 5.75 Å². The third-order valence-electron chi connectivity index (χ3n) is 2.75. The van der Waals surface area contributed by atoms with Crippen molar-refractivity contribution in [1.29, 1.82) is 0 Å². The van der Waals surface area contributed by atoms with Gasteiger partial charge in [0.05, 0.1) is 11.8 Å². The second-order valence-electron chi connectivity index (χ2n) is 4.64. The number of hydrogen-bond donors (Lipinski definition) is 0. The van der Waals surface area contributed by atoms with E-state index in [4.69, 9.17) is 4.74 Å². The Kier molecular flexibility index (Phi) is 3.65. The van der Waals surface area contributed by atoms with E-state index in [1.807, 2.05) is 13.8 Å². The molecule has 0 saturated carbocycles. The lowest BCUT2D eigenvalue weighted by molar-refractivity contribution is -0.129. The number of imide groups is 1. The van der Waals surface area contributed by atoms with Crippen molar-refractivity contribution in [2.75, 3.05) is 4.90 Å². The van der Waals surface area contributed by atoms with Crippen molar-refractivity contribution in [1.82, 2.24) is 0 Å². The summed E-state index contributed by atoms with van der Waals surface area (Å²) in [7, 11) is 0. The summed E-state index contributed by atoms with van der Waals surface area (Å²) in [5, 5.41) is 0. The maximum atomic E-state index is 11.7. The van der Waals surface area contributed by atoms with E-state index in [0.29, 0.717) is 24.9 Å². The summed E-state index contributed by atoms with van der Waals surface area (Å²) in [6.07, 6.45) is 1.64. The van der Waals surface area contributed by atoms with E-state index in [9.17, 15) is 9.59 Å². The van der Waals surface area contributed by atoms with E-state index in [1.165, 1.54) is 4.90 Å². The fraction of sp³-hybridized carbons (Fsp3) is 0.429. The Balaban J connectivity index is 2.17. The van der Waals surface area contributed by atoms with Gasteiger partial charge in [-0.05, 0) is 44.5 Å². The van der Waals surface area contributed by atoms with Crippen molar-refractivity contribution in [3.63, 3.8) is 0 Å². The Labute approximate surface area is 107 Å². The minimum absolute atomic E-state index is 0.106. The van der Waals surface area contributed by atoms with Gasteiger partial charge >= 0.3 is 0 Å². The summed E-state index contributed by atoms with van der Waals surface area (Å²) in [4.78, 5) is 24.7. The zero-order valence-corrected chi connectivity index (χ0v) is 10.7. The second kappa shape index (κ2) is 5.21. The molecule has 1 fully saturated rings. The molecule has 0 unspecified atom stereocenters. The van der Waals surface area contributed by atoms with Crippen LogP contribution in [0.1, 0.15) is 33.1 Å². The molecule has 0 bridgehead atoms. The molecule has 96 valence electrons. The first-order valence-electron chi connectivity index (χ1n) is 6.20. The number of anilines is 1. The van der Waals surface area contributed by atoms with Crippen molar-refractivity contribution < 1.29 is 14.3 Å². The Hall–Kier alpha value is -1.84. The molecule has 1 aromatic carbocycles. The maximum absolute atomic E-state index is 11.7. The Morgan fingerprint density at radius 2 is 1.61 bits per heavy atom. The summed E-state index contributed by atoms with van der Waals surface area (Å²) in [5.74, 6) is 0.498. The third kappa shape index (κ3) is 2.70. The van der Waals surface area contributed by atoms with Crippen molar-refractivity contribution >= 4 is 17.5 Å². The van der Waals surface area contributed by atoms with Crippen LogP contribution in [0.15, 0.2) is 24.3 Å². The molecule has 4 heteroatoms. The highest BCUT2D eigenvalue weighted by molar-refractivity contribution is 6.16. The molecule has 1 aromatic rings. The van der Waals surface area contributed by atoms with E-state index >= 15 is 0 Å². The van der Waals surface area contributed by atoms with Crippen LogP contribution in [0.2, 0.25) is 0 Å². The minimum atomic E-state index is -0.122. The molecule has 0 aromatic heterocycles. The van der Waals surface area contributed by atoms with Crippen molar-refractivity contribution in [2.45, 2.75) is 39.2 Å². The summed E-state index contributed by atoms with van der Waals surface area (Å²) in [6.45, 7) is 3.90. The number of nitrogens with zero attached hydrogens (tertiary/aromatic N) is 1. The van der Waals surface area contributed by atoms with Gasteiger partial charge in [0.1, 0.15) is 5.75 Å². The SMILES string of the molecule is CC(C)Oc1ccc(N2C(=O)CCCC2=O)cc1. The standard InChI is InChI=1S/C14H17NO3/c1-10(2)18-12-8-6-11(7-9-12)15-13(16)4-3-5-14(15)17/h6-10H,3-5H2,1-2H3. The van der Waals surface area contributed by atoms with Gasteiger partial charge in [-0.1, -0.05) is 0 Å². The molecule has 0 radical (unpaired) electrons. The van der Waals surface area contributed by atoms with Crippen molar-refractivity contribution in [3.05, 3.63) is 24.3 Å². The fourth-order valence-corrected chi connectivity index (χ4v) is 1.99. The molecular weight excluding hydrogens is 230 g/mol. The number of rotatable bonds is 3. The van der Waals surface area contributed by atoms with Crippen LogP contribution < -0.4 is 9.64 Å². The molecule has 0 spiro atoms. The van der Waals surface area contributed by atoms with Crippen LogP contribution in [0.4, 0.5) is 5.69 Å². The summed E-state index contributed by atoms with van der Waals surface area (Å²) in [5.41, 5.74) is 0.626. The maximum Gasteiger partial charge on any atom is 0.233 e. The van der Waals surface area contributed by atoms with E-state index in [-0.39, 0.29) is 17.9 Å². The highest BCUT2D eigenvalue weighted by Gasteiger charge is 2.27. The van der Waals surface area contributed by atoms with Gasteiger partial charge in [-0.15, -0.1) is 0 Å². The topological polar surface area (TPSA) is 46.6 Å². The zero-order chi connectivity index (χ0) is 13.1. The molecule has 1 heterocycles. The highest BCUT2D eigenvalue weighted by Crippen LogP contribution is 2.24. The highest BCUT2D eigenvalue weighted by atomic mass is 16.5. The van der Waals surface area contributed by atoms with Gasteiger partial charge in [0.15, 0.2) is 0 Å². The predicted molar refractivity (Wildman–Crippen MR) is 68.6 cm³/mol. The lowest BCUT2D eigenvalue weighted by Gasteiger charge is -2.25. The molecular formula is C14H17NO3. The number of hydrogen-bond acceptors (Lipinski definition) is 3. The lowest BCUT2D eigenvalue weighted by Crippen LogP contribution is -2.40. The van der Waals surface area contributed by atoms with Gasteiger partial charge in [0.2, 0.25) is 11.8 Å². The van der Waals surface area contributed by atoms with E-state index in [1.54, 1.807) is 24.3 Å². The molecule has 1 saturated heterocycles. The number of benzene rings is 1. The minimum Gasteiger partial charge on any atom is -0.491 e. The van der Waals surface area contributed by atoms with Gasteiger partial charge in [0, 0.05) is 12.8 Å². The van der Waals surface area contributed by atoms with Crippen LogP contribution in [-0.4, -0.2) is 17.9 Å². The Bertz CT molecular complexity index is 435. The van der Waals surface area contributed by atoms with Gasteiger partial charge in [-0.3, -0.25) is 14.5 Å². The molecule has 0 N–H and O–H groups in total. The normalized spacial score (nSPS) is 16.3. The van der Waals surface area contributed by atoms with Crippen LogP contribution in [0.3, 0.4) is 0 Å². The number of carbonyl (C=O) groups is 2. The first-order valence-corrected chi connectivity index (χ1v) is 6.20. The van der Waals surface area contributed by atoms with Crippen LogP contribution in [0.25, 0.3) is 0 Å². The molecule has 18 heavy (non-hydrogen) atoms. The molecule has 0 atom stereocenters. The Morgan fingerprint density at radius 3 is 2.11 bits per heavy atom. The number of amides is 2. The second-order valence-corrected chi connectivity index (χ2v) is 4.64. The summed E-state index contributed by atoms with van der Waals surface area (Å²) in [6, 6.07) is 7.06. The van der Waals surface area contributed by atoms with Gasteiger partial charge in [-0.25, -0.2) is 0 Å². The van der Waals surface area contributed by atoms with E-state index < -0.39 is 0 Å². The van der Waals surface area contributed by atoms with E-state index in [0.717, 1.165) is 5.75 Å². The number of carbonyl (C=O) groups excluding carboxylic acids is 2. The summed E-state index contributed by atoms with van der Waals surface area (Å²) < 4.78 is 5.52. The smallest absolute Gasteiger partial charge is 0.233 e. The van der Waals surface area contributed by atoms with Gasteiger partial charge in [-0.2, -0.15) is 0 Å². The third-order valence-corrected chi connectivity index (χ3v) is 2.75. The van der Waals surface area contributed by atoms with Crippen LogP contribution in [0, 0.1) is 0 Å². The largest absolute Gasteiger partial charge is 0.491 e. The van der Waals surface area contributed by atoms with E-state index in [2.05, 4.69) is 0 Å². The lowest BCUT2D eigenvalue weighted by atomic mass is 10.1. The molecule has 2 rings (SSSR count). The zero-order valence-electron chi connectivity index (χ0n) is 10.7. The molecule has 1 aliphatic heterocycles. The molecule has 1 aliphatic rings. The van der Waals surface area contributed by atoms with Crippen molar-refractivity contribution in [2.24, 2.45) is 0 Å². The van der Waals surface area contributed by atoms with Crippen molar-refractivity contribution in [3.8, 4) is 5.75 Å². The summed E-state index contributed by atoms with van der Waals surface area (Å²) >= 11 is 0. The first kappa shape index (κ1) is 12.6. The number of piperidine rings is 1.